The SMILES string of the molecule is c1ccc2c(c1)c(SC1CCCCC1)nc1nnnn12. The highest BCUT2D eigenvalue weighted by atomic mass is 32.2. The van der Waals surface area contributed by atoms with Crippen LogP contribution in [-0.2, 0) is 0 Å². The van der Waals surface area contributed by atoms with Crippen molar-refractivity contribution in [2.45, 2.75) is 42.4 Å². The van der Waals surface area contributed by atoms with Crippen molar-refractivity contribution >= 4 is 28.4 Å². The first kappa shape index (κ1) is 12.1. The lowest BCUT2D eigenvalue weighted by atomic mass is 10.0. The molecule has 0 unspecified atom stereocenters. The number of benzene rings is 1. The van der Waals surface area contributed by atoms with Crippen LogP contribution in [-0.4, -0.2) is 30.3 Å². The third kappa shape index (κ3) is 2.04. The Bertz CT molecular complexity index is 747. The van der Waals surface area contributed by atoms with Crippen molar-refractivity contribution in [3.8, 4) is 0 Å². The van der Waals surface area contributed by atoms with Crippen LogP contribution in [0.25, 0.3) is 16.7 Å². The average molecular weight is 285 g/mol. The highest BCUT2D eigenvalue weighted by Gasteiger charge is 2.18. The van der Waals surface area contributed by atoms with Gasteiger partial charge in [-0.15, -0.1) is 11.8 Å². The molecule has 0 amide bonds. The summed E-state index contributed by atoms with van der Waals surface area (Å²) >= 11 is 1.89. The second-order valence-corrected chi connectivity index (χ2v) is 6.49. The van der Waals surface area contributed by atoms with Gasteiger partial charge in [0.25, 0.3) is 5.78 Å². The molecule has 2 aromatic heterocycles. The zero-order chi connectivity index (χ0) is 13.4. The van der Waals surface area contributed by atoms with Crippen LogP contribution in [0.1, 0.15) is 32.1 Å². The molecule has 6 heteroatoms. The first-order valence-electron chi connectivity index (χ1n) is 7.05. The molecule has 2 heterocycles. The van der Waals surface area contributed by atoms with Gasteiger partial charge in [-0.3, -0.25) is 0 Å². The number of fused-ring (bicyclic) bond motifs is 3. The fourth-order valence-electron chi connectivity index (χ4n) is 2.83. The molecule has 1 aliphatic rings. The van der Waals surface area contributed by atoms with Crippen LogP contribution in [0.15, 0.2) is 29.3 Å². The van der Waals surface area contributed by atoms with Crippen LogP contribution in [0, 0.1) is 0 Å². The Labute approximate surface area is 120 Å². The van der Waals surface area contributed by atoms with E-state index in [1.807, 2.05) is 30.0 Å². The van der Waals surface area contributed by atoms with E-state index in [0.717, 1.165) is 15.9 Å². The minimum atomic E-state index is 0.585. The first-order chi connectivity index (χ1) is 9.92. The van der Waals surface area contributed by atoms with Crippen molar-refractivity contribution in [3.05, 3.63) is 24.3 Å². The fraction of sp³-hybridized carbons (Fsp3) is 0.429. The highest BCUT2D eigenvalue weighted by Crippen LogP contribution is 2.35. The summed E-state index contributed by atoms with van der Waals surface area (Å²) in [6, 6.07) is 8.21. The number of nitrogens with zero attached hydrogens (tertiary/aromatic N) is 5. The lowest BCUT2D eigenvalue weighted by Gasteiger charge is -2.20. The smallest absolute Gasteiger partial charge is 0.202 e. The Morgan fingerprint density at radius 3 is 2.85 bits per heavy atom. The third-order valence-electron chi connectivity index (χ3n) is 3.85. The summed E-state index contributed by atoms with van der Waals surface area (Å²) in [4.78, 5) is 4.65. The molecule has 20 heavy (non-hydrogen) atoms. The molecule has 102 valence electrons. The van der Waals surface area contributed by atoms with E-state index in [4.69, 9.17) is 0 Å². The molecule has 0 spiro atoms. The van der Waals surface area contributed by atoms with Gasteiger partial charge >= 0.3 is 0 Å². The van der Waals surface area contributed by atoms with Gasteiger partial charge in [0.1, 0.15) is 5.03 Å². The zero-order valence-electron chi connectivity index (χ0n) is 11.1. The number of rotatable bonds is 2. The van der Waals surface area contributed by atoms with E-state index >= 15 is 0 Å². The van der Waals surface area contributed by atoms with Gasteiger partial charge in [-0.1, -0.05) is 42.6 Å². The molecule has 1 fully saturated rings. The van der Waals surface area contributed by atoms with Crippen LogP contribution in [0.5, 0.6) is 0 Å². The van der Waals surface area contributed by atoms with E-state index in [1.54, 1.807) is 4.52 Å². The summed E-state index contributed by atoms with van der Waals surface area (Å²) in [5.41, 5.74) is 1.03. The summed E-state index contributed by atoms with van der Waals surface area (Å²) < 4.78 is 1.71. The minimum Gasteiger partial charge on any atom is -0.202 e. The Kier molecular flexibility index (Phi) is 3.03. The van der Waals surface area contributed by atoms with Crippen molar-refractivity contribution in [2.75, 3.05) is 0 Å². The normalized spacial score (nSPS) is 17.0. The van der Waals surface area contributed by atoms with Gasteiger partial charge in [-0.2, -0.15) is 4.52 Å². The molecule has 1 aromatic carbocycles. The Morgan fingerprint density at radius 1 is 1.10 bits per heavy atom. The van der Waals surface area contributed by atoms with Crippen molar-refractivity contribution in [2.24, 2.45) is 0 Å². The highest BCUT2D eigenvalue weighted by molar-refractivity contribution is 8.00. The van der Waals surface area contributed by atoms with Crippen LogP contribution in [0.4, 0.5) is 0 Å². The Morgan fingerprint density at radius 2 is 1.95 bits per heavy atom. The Hall–Kier alpha value is -1.69. The maximum atomic E-state index is 4.65. The van der Waals surface area contributed by atoms with E-state index in [-0.39, 0.29) is 0 Å². The van der Waals surface area contributed by atoms with Gasteiger partial charge in [0.2, 0.25) is 0 Å². The van der Waals surface area contributed by atoms with Crippen LogP contribution in [0.3, 0.4) is 0 Å². The summed E-state index contributed by atoms with van der Waals surface area (Å²) in [6.45, 7) is 0. The van der Waals surface area contributed by atoms with Crippen molar-refractivity contribution in [1.29, 1.82) is 0 Å². The van der Waals surface area contributed by atoms with E-state index in [2.05, 4.69) is 26.6 Å². The van der Waals surface area contributed by atoms with Gasteiger partial charge < -0.3 is 0 Å². The molecule has 3 aromatic rings. The number of aromatic nitrogens is 5. The predicted molar refractivity (Wildman–Crippen MR) is 78.8 cm³/mol. The van der Waals surface area contributed by atoms with Gasteiger partial charge in [-0.25, -0.2) is 4.98 Å². The van der Waals surface area contributed by atoms with Crippen LogP contribution in [0.2, 0.25) is 0 Å². The summed E-state index contributed by atoms with van der Waals surface area (Å²) in [5, 5.41) is 14.6. The third-order valence-corrected chi connectivity index (χ3v) is 5.19. The average Bonchev–Trinajstić information content (AvgIpc) is 2.97. The molecule has 4 rings (SSSR count). The van der Waals surface area contributed by atoms with E-state index < -0.39 is 0 Å². The number of hydrogen-bond donors (Lipinski definition) is 0. The van der Waals surface area contributed by atoms with E-state index in [9.17, 15) is 0 Å². The largest absolute Gasteiger partial charge is 0.275 e. The van der Waals surface area contributed by atoms with Crippen LogP contribution < -0.4 is 0 Å². The molecule has 0 N–H and O–H groups in total. The minimum absolute atomic E-state index is 0.585. The van der Waals surface area contributed by atoms with Crippen molar-refractivity contribution in [3.63, 3.8) is 0 Å². The molecule has 0 aliphatic heterocycles. The zero-order valence-corrected chi connectivity index (χ0v) is 11.9. The molecule has 0 saturated heterocycles. The molecule has 0 radical (unpaired) electrons. The number of tetrazole rings is 1. The lowest BCUT2D eigenvalue weighted by molar-refractivity contribution is 0.516. The van der Waals surface area contributed by atoms with Crippen LogP contribution >= 0.6 is 11.8 Å². The molecule has 0 atom stereocenters. The lowest BCUT2D eigenvalue weighted by Crippen LogP contribution is -2.08. The molecule has 1 saturated carbocycles. The Balaban J connectivity index is 1.83. The molecular weight excluding hydrogens is 270 g/mol. The number of thioether (sulfide) groups is 1. The monoisotopic (exact) mass is 285 g/mol. The molecular formula is C14H15N5S. The maximum absolute atomic E-state index is 4.65. The van der Waals surface area contributed by atoms with Crippen molar-refractivity contribution < 1.29 is 0 Å². The predicted octanol–water partition coefficient (Wildman–Crippen LogP) is 3.10. The summed E-state index contributed by atoms with van der Waals surface area (Å²) in [7, 11) is 0. The molecule has 0 bridgehead atoms. The first-order valence-corrected chi connectivity index (χ1v) is 7.93. The van der Waals surface area contributed by atoms with E-state index in [0.29, 0.717) is 11.0 Å². The van der Waals surface area contributed by atoms with Gasteiger partial charge in [0.15, 0.2) is 0 Å². The number of hydrogen-bond acceptors (Lipinski definition) is 5. The fourth-order valence-corrected chi connectivity index (χ4v) is 4.15. The second-order valence-electron chi connectivity index (χ2n) is 5.20. The molecule has 1 aliphatic carbocycles. The van der Waals surface area contributed by atoms with Gasteiger partial charge in [-0.05, 0) is 29.3 Å². The maximum Gasteiger partial charge on any atom is 0.275 e. The quantitative estimate of drug-likeness (QED) is 0.677. The molecule has 5 nitrogen and oxygen atoms in total. The van der Waals surface area contributed by atoms with Gasteiger partial charge in [0, 0.05) is 10.6 Å². The standard InChI is InChI=1S/C14H15N5S/c1-2-6-10(7-3-1)20-13-11-8-4-5-9-12(11)19-14(15-13)16-17-18-19/h4-5,8-10H,1-3,6-7H2. The number of para-hydroxylation sites is 1. The topological polar surface area (TPSA) is 56.0 Å². The van der Waals surface area contributed by atoms with E-state index in [1.165, 1.54) is 32.1 Å². The second kappa shape index (κ2) is 5.01. The van der Waals surface area contributed by atoms with Crippen molar-refractivity contribution in [1.82, 2.24) is 25.0 Å². The van der Waals surface area contributed by atoms with Gasteiger partial charge in [0.05, 0.1) is 5.52 Å². The summed E-state index contributed by atoms with van der Waals surface area (Å²) in [5.74, 6) is 0.585. The summed E-state index contributed by atoms with van der Waals surface area (Å²) in [6.07, 6.45) is 6.63.